The average Bonchev–Trinajstić information content (AvgIpc) is 2.64. The SMILES string of the molecule is Cc1ccc(S(=O)(=O)N(CCBr)CC(F)F)s1. The van der Waals surface area contributed by atoms with Gasteiger partial charge in [0, 0.05) is 16.8 Å². The summed E-state index contributed by atoms with van der Waals surface area (Å²) in [4.78, 5) is 0.833. The molecule has 98 valence electrons. The molecule has 8 heteroatoms. The van der Waals surface area contributed by atoms with E-state index in [4.69, 9.17) is 0 Å². The first-order chi connectivity index (χ1) is 7.87. The van der Waals surface area contributed by atoms with Crippen molar-refractivity contribution in [3.63, 3.8) is 0 Å². The summed E-state index contributed by atoms with van der Waals surface area (Å²) in [6.45, 7) is 1.03. The van der Waals surface area contributed by atoms with Crippen molar-refractivity contribution in [2.24, 2.45) is 0 Å². The molecule has 1 aromatic rings. The van der Waals surface area contributed by atoms with Gasteiger partial charge < -0.3 is 0 Å². The van der Waals surface area contributed by atoms with Crippen LogP contribution in [-0.2, 0) is 10.0 Å². The monoisotopic (exact) mass is 347 g/mol. The number of hydrogen-bond donors (Lipinski definition) is 0. The highest BCUT2D eigenvalue weighted by Gasteiger charge is 2.27. The second-order valence-corrected chi connectivity index (χ2v) is 7.55. The molecule has 1 heterocycles. The van der Waals surface area contributed by atoms with Crippen molar-refractivity contribution in [2.45, 2.75) is 17.6 Å². The number of rotatable bonds is 6. The number of thiophene rings is 1. The molecule has 3 nitrogen and oxygen atoms in total. The molecule has 0 aliphatic carbocycles. The molecule has 0 spiro atoms. The van der Waals surface area contributed by atoms with E-state index in [1.807, 2.05) is 0 Å². The van der Waals surface area contributed by atoms with Gasteiger partial charge in [-0.3, -0.25) is 0 Å². The fraction of sp³-hybridized carbons (Fsp3) is 0.556. The molecule has 0 amide bonds. The van der Waals surface area contributed by atoms with Gasteiger partial charge in [-0.05, 0) is 19.1 Å². The van der Waals surface area contributed by atoms with Crippen LogP contribution in [0.25, 0.3) is 0 Å². The lowest BCUT2D eigenvalue weighted by Gasteiger charge is -2.19. The Morgan fingerprint density at radius 2 is 2.12 bits per heavy atom. The first-order valence-corrected chi connectivity index (χ1v) is 8.16. The van der Waals surface area contributed by atoms with Crippen LogP contribution in [0, 0.1) is 6.92 Å². The standard InChI is InChI=1S/C9H12BrF2NO2S2/c1-7-2-3-9(16-7)17(14,15)13(5-4-10)6-8(11)12/h2-3,8H,4-6H2,1H3. The molecule has 1 rings (SSSR count). The molecule has 0 fully saturated rings. The van der Waals surface area contributed by atoms with E-state index in [-0.39, 0.29) is 10.8 Å². The van der Waals surface area contributed by atoms with Gasteiger partial charge in [-0.2, -0.15) is 4.31 Å². The Balaban J connectivity index is 2.99. The fourth-order valence-electron chi connectivity index (χ4n) is 1.24. The molecule has 0 saturated heterocycles. The van der Waals surface area contributed by atoms with Gasteiger partial charge in [-0.25, -0.2) is 17.2 Å². The normalized spacial score (nSPS) is 12.6. The van der Waals surface area contributed by atoms with Gasteiger partial charge in [0.1, 0.15) is 4.21 Å². The highest BCUT2D eigenvalue weighted by atomic mass is 79.9. The summed E-state index contributed by atoms with van der Waals surface area (Å²) in [5, 5.41) is 0.323. The third-order valence-corrected chi connectivity index (χ3v) is 5.67. The van der Waals surface area contributed by atoms with Gasteiger partial charge in [-0.15, -0.1) is 11.3 Å². The van der Waals surface area contributed by atoms with Crippen molar-refractivity contribution in [3.8, 4) is 0 Å². The topological polar surface area (TPSA) is 37.4 Å². The Bertz CT molecular complexity index is 461. The van der Waals surface area contributed by atoms with Gasteiger partial charge in [0.2, 0.25) is 0 Å². The quantitative estimate of drug-likeness (QED) is 0.742. The van der Waals surface area contributed by atoms with Crippen molar-refractivity contribution in [1.82, 2.24) is 4.31 Å². The van der Waals surface area contributed by atoms with Gasteiger partial charge in [0.05, 0.1) is 6.54 Å². The third-order valence-electron chi connectivity index (χ3n) is 1.99. The Labute approximate surface area is 112 Å². The summed E-state index contributed by atoms with van der Waals surface area (Å²) in [5.74, 6) is 0. The van der Waals surface area contributed by atoms with E-state index in [1.54, 1.807) is 13.0 Å². The molecule has 0 radical (unpaired) electrons. The minimum absolute atomic E-state index is 0.0314. The van der Waals surface area contributed by atoms with Gasteiger partial charge >= 0.3 is 0 Å². The van der Waals surface area contributed by atoms with Crippen LogP contribution >= 0.6 is 27.3 Å². The number of hydrogen-bond acceptors (Lipinski definition) is 3. The molecule has 0 aromatic carbocycles. The lowest BCUT2D eigenvalue weighted by molar-refractivity contribution is 0.121. The van der Waals surface area contributed by atoms with E-state index in [1.165, 1.54) is 6.07 Å². The summed E-state index contributed by atoms with van der Waals surface area (Å²) in [7, 11) is -3.80. The molecular weight excluding hydrogens is 336 g/mol. The summed E-state index contributed by atoms with van der Waals surface area (Å²) in [6.07, 6.45) is -2.68. The predicted molar refractivity (Wildman–Crippen MR) is 67.6 cm³/mol. The van der Waals surface area contributed by atoms with Crippen LogP contribution in [-0.4, -0.2) is 37.6 Å². The molecule has 0 bridgehead atoms. The molecule has 0 aliphatic heterocycles. The van der Waals surface area contributed by atoms with Crippen molar-refractivity contribution in [3.05, 3.63) is 17.0 Å². The maximum Gasteiger partial charge on any atom is 0.252 e. The highest BCUT2D eigenvalue weighted by Crippen LogP contribution is 2.24. The van der Waals surface area contributed by atoms with E-state index >= 15 is 0 Å². The van der Waals surface area contributed by atoms with Gasteiger partial charge in [0.25, 0.3) is 16.4 Å². The predicted octanol–water partition coefficient (Wildman–Crippen LogP) is 2.71. The van der Waals surface area contributed by atoms with Crippen molar-refractivity contribution in [2.75, 3.05) is 18.4 Å². The molecule has 1 aromatic heterocycles. The van der Waals surface area contributed by atoms with Crippen LogP contribution in [0.4, 0.5) is 8.78 Å². The van der Waals surface area contributed by atoms with E-state index in [0.717, 1.165) is 20.5 Å². The van der Waals surface area contributed by atoms with Crippen LogP contribution < -0.4 is 0 Å². The number of aryl methyl sites for hydroxylation is 1. The Morgan fingerprint density at radius 1 is 1.47 bits per heavy atom. The molecule has 0 atom stereocenters. The van der Waals surface area contributed by atoms with E-state index < -0.39 is 23.0 Å². The second-order valence-electron chi connectivity index (χ2n) is 3.31. The number of alkyl halides is 3. The Kier molecular flexibility index (Phi) is 5.49. The Hall–Kier alpha value is -0.0500. The molecule has 0 unspecified atom stereocenters. The number of halogens is 3. The zero-order chi connectivity index (χ0) is 13.1. The second kappa shape index (κ2) is 6.21. The smallest absolute Gasteiger partial charge is 0.209 e. The maximum atomic E-state index is 12.3. The van der Waals surface area contributed by atoms with Crippen molar-refractivity contribution < 1.29 is 17.2 Å². The summed E-state index contributed by atoms with van der Waals surface area (Å²) >= 11 is 4.15. The number of sulfonamides is 1. The molecule has 0 saturated carbocycles. The lowest BCUT2D eigenvalue weighted by atomic mass is 10.5. The molecule has 17 heavy (non-hydrogen) atoms. The van der Waals surface area contributed by atoms with Crippen molar-refractivity contribution >= 4 is 37.3 Å². The Morgan fingerprint density at radius 3 is 2.53 bits per heavy atom. The fourth-order valence-corrected chi connectivity index (χ4v) is 4.75. The first kappa shape index (κ1) is 15.0. The highest BCUT2D eigenvalue weighted by molar-refractivity contribution is 9.09. The van der Waals surface area contributed by atoms with Crippen LogP contribution in [0.5, 0.6) is 0 Å². The number of nitrogens with zero attached hydrogens (tertiary/aromatic N) is 1. The van der Waals surface area contributed by atoms with Gasteiger partial charge in [0.15, 0.2) is 0 Å². The van der Waals surface area contributed by atoms with Crippen LogP contribution in [0.2, 0.25) is 0 Å². The minimum Gasteiger partial charge on any atom is -0.209 e. The zero-order valence-electron chi connectivity index (χ0n) is 9.07. The molecule has 0 N–H and O–H groups in total. The van der Waals surface area contributed by atoms with Crippen LogP contribution in [0.3, 0.4) is 0 Å². The lowest BCUT2D eigenvalue weighted by Crippen LogP contribution is -2.36. The summed E-state index contributed by atoms with van der Waals surface area (Å²) in [6, 6.07) is 3.11. The van der Waals surface area contributed by atoms with Crippen molar-refractivity contribution in [1.29, 1.82) is 0 Å². The first-order valence-electron chi connectivity index (χ1n) is 4.78. The van der Waals surface area contributed by atoms with E-state index in [9.17, 15) is 17.2 Å². The molecular formula is C9H12BrF2NO2S2. The van der Waals surface area contributed by atoms with Gasteiger partial charge in [-0.1, -0.05) is 15.9 Å². The minimum atomic E-state index is -3.80. The van der Waals surface area contributed by atoms with E-state index in [2.05, 4.69) is 15.9 Å². The summed E-state index contributed by atoms with van der Waals surface area (Å²) < 4.78 is 49.7. The zero-order valence-corrected chi connectivity index (χ0v) is 12.3. The summed E-state index contributed by atoms with van der Waals surface area (Å²) in [5.41, 5.74) is 0. The van der Waals surface area contributed by atoms with E-state index in [0.29, 0.717) is 5.33 Å². The van der Waals surface area contributed by atoms with Crippen LogP contribution in [0.15, 0.2) is 16.3 Å². The largest absolute Gasteiger partial charge is 0.252 e. The third kappa shape index (κ3) is 3.97. The maximum absolute atomic E-state index is 12.3. The van der Waals surface area contributed by atoms with Crippen LogP contribution in [0.1, 0.15) is 4.88 Å². The molecule has 0 aliphatic rings. The average molecular weight is 348 g/mol.